The third-order valence-corrected chi connectivity index (χ3v) is 6.30. The second kappa shape index (κ2) is 11.3. The maximum absolute atomic E-state index is 2.45. The molecule has 2 radical (unpaired) electrons. The summed E-state index contributed by atoms with van der Waals surface area (Å²) in [6, 6.07) is 15.9. The highest BCUT2D eigenvalue weighted by molar-refractivity contribution is 6.67. The summed E-state index contributed by atoms with van der Waals surface area (Å²) in [6.45, 7) is 6.92. The molecule has 0 nitrogen and oxygen atoms in total. The number of unbranched alkanes of at least 4 members (excludes halogenated alkanes) is 3. The number of hydrogen-bond acceptors (Lipinski definition) is 0. The average Bonchev–Trinajstić information content (AvgIpc) is 2.65. The van der Waals surface area contributed by atoms with Crippen molar-refractivity contribution in [3.8, 4) is 0 Å². The molecule has 2 aromatic carbocycles. The molecule has 0 heterocycles. The van der Waals surface area contributed by atoms with Crippen LogP contribution in [0.25, 0.3) is 0 Å². The second-order valence-electron chi connectivity index (χ2n) is 7.03. The first-order valence-corrected chi connectivity index (χ1v) is 11.3. The van der Waals surface area contributed by atoms with Crippen molar-refractivity contribution >= 4 is 19.9 Å². The van der Waals surface area contributed by atoms with Crippen molar-refractivity contribution in [2.75, 3.05) is 0 Å². The summed E-state index contributed by atoms with van der Waals surface area (Å²) < 4.78 is 0. The maximum atomic E-state index is 2.45. The standard InChI is InChI=1S/C24H34Si/c1-4-7-13-20-18-19-24(25-21-14-11-10-12-15-21)23(17-9-6-3)22(20)16-8-5-2/h10-12,14-15,18-19H,4-9,13,16-17H2,1-3H3. The van der Waals surface area contributed by atoms with Gasteiger partial charge in [-0.2, -0.15) is 0 Å². The van der Waals surface area contributed by atoms with Gasteiger partial charge in [-0.15, -0.1) is 0 Å². The maximum Gasteiger partial charge on any atom is 0.121 e. The smallest absolute Gasteiger partial charge is 0.0654 e. The van der Waals surface area contributed by atoms with Crippen LogP contribution in [0.2, 0.25) is 0 Å². The van der Waals surface area contributed by atoms with Crippen molar-refractivity contribution in [1.29, 1.82) is 0 Å². The summed E-state index contributed by atoms with van der Waals surface area (Å²) in [5, 5.41) is 3.05. The minimum atomic E-state index is 0.787. The summed E-state index contributed by atoms with van der Waals surface area (Å²) in [4.78, 5) is 0. The Labute approximate surface area is 157 Å². The molecule has 0 atom stereocenters. The highest BCUT2D eigenvalue weighted by Crippen LogP contribution is 2.20. The monoisotopic (exact) mass is 350 g/mol. The molecule has 0 saturated carbocycles. The van der Waals surface area contributed by atoms with Gasteiger partial charge in [-0.05, 0) is 55.2 Å². The van der Waals surface area contributed by atoms with Crippen LogP contribution in [-0.2, 0) is 19.3 Å². The Bertz CT molecular complexity index is 615. The van der Waals surface area contributed by atoms with E-state index in [9.17, 15) is 0 Å². The van der Waals surface area contributed by atoms with Gasteiger partial charge >= 0.3 is 0 Å². The molecule has 0 unspecified atom stereocenters. The van der Waals surface area contributed by atoms with E-state index in [1.54, 1.807) is 21.9 Å². The van der Waals surface area contributed by atoms with Crippen LogP contribution in [0, 0.1) is 0 Å². The number of aryl methyl sites for hydroxylation is 1. The van der Waals surface area contributed by atoms with Gasteiger partial charge in [0.25, 0.3) is 0 Å². The predicted molar refractivity (Wildman–Crippen MR) is 114 cm³/mol. The van der Waals surface area contributed by atoms with Crippen LogP contribution in [0.15, 0.2) is 42.5 Å². The van der Waals surface area contributed by atoms with E-state index in [4.69, 9.17) is 0 Å². The van der Waals surface area contributed by atoms with E-state index in [1.165, 1.54) is 63.0 Å². The van der Waals surface area contributed by atoms with Gasteiger partial charge in [-0.3, -0.25) is 0 Å². The molecule has 0 aliphatic heterocycles. The largest absolute Gasteiger partial charge is 0.121 e. The van der Waals surface area contributed by atoms with Gasteiger partial charge in [-0.1, -0.05) is 92.9 Å². The van der Waals surface area contributed by atoms with Gasteiger partial charge in [0, 0.05) is 0 Å². The van der Waals surface area contributed by atoms with Gasteiger partial charge in [-0.25, -0.2) is 0 Å². The van der Waals surface area contributed by atoms with Gasteiger partial charge in [0.2, 0.25) is 0 Å². The van der Waals surface area contributed by atoms with Crippen LogP contribution in [0.1, 0.15) is 76.0 Å². The zero-order valence-electron chi connectivity index (χ0n) is 16.4. The Hall–Kier alpha value is -1.34. The van der Waals surface area contributed by atoms with Gasteiger partial charge in [0.15, 0.2) is 0 Å². The molecule has 0 amide bonds. The van der Waals surface area contributed by atoms with Gasteiger partial charge in [0.1, 0.15) is 9.52 Å². The normalized spacial score (nSPS) is 11.0. The first-order valence-electron chi connectivity index (χ1n) is 10.3. The molecular weight excluding hydrogens is 316 g/mol. The minimum Gasteiger partial charge on any atom is -0.0654 e. The first kappa shape index (κ1) is 20.0. The molecule has 1 heteroatoms. The molecule has 134 valence electrons. The molecule has 2 aromatic rings. The van der Waals surface area contributed by atoms with Crippen molar-refractivity contribution in [3.05, 3.63) is 59.2 Å². The molecule has 0 saturated heterocycles. The molecule has 0 fully saturated rings. The SMILES string of the molecule is CCCCc1ccc([Si]c2ccccc2)c(CCCC)c1CCCC. The molecule has 2 rings (SSSR count). The van der Waals surface area contributed by atoms with Gasteiger partial charge < -0.3 is 0 Å². The molecule has 0 spiro atoms. The lowest BCUT2D eigenvalue weighted by Crippen LogP contribution is -2.31. The fraction of sp³-hybridized carbons (Fsp3) is 0.500. The molecule has 25 heavy (non-hydrogen) atoms. The predicted octanol–water partition coefficient (Wildman–Crippen LogP) is 5.37. The Morgan fingerprint density at radius 1 is 0.640 bits per heavy atom. The van der Waals surface area contributed by atoms with E-state index >= 15 is 0 Å². The van der Waals surface area contributed by atoms with E-state index in [0.29, 0.717) is 0 Å². The molecule has 0 aromatic heterocycles. The van der Waals surface area contributed by atoms with Crippen molar-refractivity contribution in [2.24, 2.45) is 0 Å². The van der Waals surface area contributed by atoms with Crippen molar-refractivity contribution in [1.82, 2.24) is 0 Å². The number of hydrogen-bond donors (Lipinski definition) is 0. The van der Waals surface area contributed by atoms with Crippen LogP contribution >= 0.6 is 0 Å². The van der Waals surface area contributed by atoms with E-state index in [-0.39, 0.29) is 0 Å². The summed E-state index contributed by atoms with van der Waals surface area (Å²) in [5.74, 6) is 0. The third kappa shape index (κ3) is 6.15. The third-order valence-electron chi connectivity index (χ3n) is 4.94. The van der Waals surface area contributed by atoms with E-state index in [0.717, 1.165) is 9.52 Å². The fourth-order valence-corrected chi connectivity index (χ4v) is 4.70. The van der Waals surface area contributed by atoms with Crippen LogP contribution < -0.4 is 10.4 Å². The van der Waals surface area contributed by atoms with Crippen LogP contribution in [-0.4, -0.2) is 9.52 Å². The first-order chi connectivity index (χ1) is 12.3. The number of benzene rings is 2. The summed E-state index contributed by atoms with van der Waals surface area (Å²) >= 11 is 0. The second-order valence-corrected chi connectivity index (χ2v) is 8.40. The van der Waals surface area contributed by atoms with Crippen molar-refractivity contribution in [3.63, 3.8) is 0 Å². The van der Waals surface area contributed by atoms with E-state index in [2.05, 4.69) is 63.2 Å². The Kier molecular flexibility index (Phi) is 9.03. The topological polar surface area (TPSA) is 0 Å². The Balaban J connectivity index is 2.38. The lowest BCUT2D eigenvalue weighted by molar-refractivity contribution is 0.737. The quantitative estimate of drug-likeness (QED) is 0.478. The average molecular weight is 351 g/mol. The zero-order valence-corrected chi connectivity index (χ0v) is 17.4. The minimum absolute atomic E-state index is 0.787. The van der Waals surface area contributed by atoms with Crippen LogP contribution in [0.3, 0.4) is 0 Å². The van der Waals surface area contributed by atoms with Crippen LogP contribution in [0.5, 0.6) is 0 Å². The van der Waals surface area contributed by atoms with E-state index in [1.807, 2.05) is 0 Å². The molecule has 0 bridgehead atoms. The van der Waals surface area contributed by atoms with Gasteiger partial charge in [0.05, 0.1) is 0 Å². The molecule has 0 aliphatic carbocycles. The highest BCUT2D eigenvalue weighted by Gasteiger charge is 2.14. The summed E-state index contributed by atoms with van der Waals surface area (Å²) in [7, 11) is 0.787. The van der Waals surface area contributed by atoms with E-state index < -0.39 is 0 Å². The molecule has 0 aliphatic rings. The summed E-state index contributed by atoms with van der Waals surface area (Å²) in [5.41, 5.74) is 5.01. The van der Waals surface area contributed by atoms with Crippen LogP contribution in [0.4, 0.5) is 0 Å². The number of rotatable bonds is 11. The lowest BCUT2D eigenvalue weighted by Gasteiger charge is -2.19. The van der Waals surface area contributed by atoms with Crippen molar-refractivity contribution in [2.45, 2.75) is 78.6 Å². The highest BCUT2D eigenvalue weighted by atomic mass is 28.2. The Morgan fingerprint density at radius 3 is 1.88 bits per heavy atom. The molecule has 0 N–H and O–H groups in total. The van der Waals surface area contributed by atoms with Crippen molar-refractivity contribution < 1.29 is 0 Å². The molecular formula is C24H34Si. The lowest BCUT2D eigenvalue weighted by atomic mass is 9.91. The summed E-state index contributed by atoms with van der Waals surface area (Å²) in [6.07, 6.45) is 11.6. The zero-order chi connectivity index (χ0) is 17.9. The fourth-order valence-electron chi connectivity index (χ4n) is 3.44. The Morgan fingerprint density at radius 2 is 1.24 bits per heavy atom.